The summed E-state index contributed by atoms with van der Waals surface area (Å²) in [5.74, 6) is 0.238. The fraction of sp³-hybridized carbons (Fsp3) is 0.875. The average Bonchev–Trinajstić information content (AvgIpc) is 2.45. The van der Waals surface area contributed by atoms with E-state index in [1.54, 1.807) is 6.92 Å². The average molecular weight is 298 g/mol. The molecule has 1 aliphatic heterocycles. The van der Waals surface area contributed by atoms with Crippen molar-refractivity contribution in [1.29, 1.82) is 0 Å². The molecule has 0 aliphatic carbocycles. The van der Waals surface area contributed by atoms with Crippen LogP contribution in [0, 0.1) is 11.8 Å². The number of likely N-dealkylation sites (tertiary alicyclic amines) is 1. The molecule has 122 valence electrons. The van der Waals surface area contributed by atoms with Gasteiger partial charge in [0.25, 0.3) is 0 Å². The molecule has 0 radical (unpaired) electrons. The van der Waals surface area contributed by atoms with Crippen LogP contribution in [0.3, 0.4) is 0 Å². The quantitative estimate of drug-likeness (QED) is 0.781. The van der Waals surface area contributed by atoms with Gasteiger partial charge in [0.15, 0.2) is 0 Å². The standard InChI is InChI=1S/C16H30N2O3/c1-5-6-14(19)18-9-7-13(8-10-18)15(20)17-11-16(4,21)12(2)3/h12-13,21H,5-11H2,1-4H3,(H,17,20). The lowest BCUT2D eigenvalue weighted by atomic mass is 9.91. The molecule has 1 rings (SSSR count). The van der Waals surface area contributed by atoms with E-state index in [1.807, 2.05) is 25.7 Å². The molecule has 0 spiro atoms. The molecule has 2 N–H and O–H groups in total. The summed E-state index contributed by atoms with van der Waals surface area (Å²) in [6.07, 6.45) is 2.88. The predicted molar refractivity (Wildman–Crippen MR) is 82.7 cm³/mol. The van der Waals surface area contributed by atoms with Gasteiger partial charge in [0.1, 0.15) is 0 Å². The monoisotopic (exact) mass is 298 g/mol. The molecule has 1 saturated heterocycles. The van der Waals surface area contributed by atoms with Crippen LogP contribution in [0.25, 0.3) is 0 Å². The minimum absolute atomic E-state index is 0.00137. The summed E-state index contributed by atoms with van der Waals surface area (Å²) in [6, 6.07) is 0. The lowest BCUT2D eigenvalue weighted by Gasteiger charge is -2.33. The second-order valence-electron chi connectivity index (χ2n) is 6.63. The number of piperidine rings is 1. The Hall–Kier alpha value is -1.10. The van der Waals surface area contributed by atoms with Gasteiger partial charge < -0.3 is 15.3 Å². The highest BCUT2D eigenvalue weighted by atomic mass is 16.3. The molecule has 1 fully saturated rings. The minimum atomic E-state index is -0.881. The van der Waals surface area contributed by atoms with Crippen molar-refractivity contribution in [3.63, 3.8) is 0 Å². The Morgan fingerprint density at radius 2 is 1.90 bits per heavy atom. The third-order valence-corrected chi connectivity index (χ3v) is 4.55. The van der Waals surface area contributed by atoms with Gasteiger partial charge in [-0.2, -0.15) is 0 Å². The highest BCUT2D eigenvalue weighted by Crippen LogP contribution is 2.19. The summed E-state index contributed by atoms with van der Waals surface area (Å²) in [5, 5.41) is 13.0. The highest BCUT2D eigenvalue weighted by molar-refractivity contribution is 5.80. The zero-order chi connectivity index (χ0) is 16.0. The van der Waals surface area contributed by atoms with Crippen molar-refractivity contribution in [1.82, 2.24) is 10.2 Å². The Morgan fingerprint density at radius 1 is 1.33 bits per heavy atom. The molecule has 0 saturated carbocycles. The molecule has 1 heterocycles. The van der Waals surface area contributed by atoms with Crippen molar-refractivity contribution in [3.8, 4) is 0 Å². The third-order valence-electron chi connectivity index (χ3n) is 4.55. The van der Waals surface area contributed by atoms with Crippen LogP contribution < -0.4 is 5.32 Å². The van der Waals surface area contributed by atoms with E-state index in [4.69, 9.17) is 0 Å². The number of carbonyl (C=O) groups is 2. The van der Waals surface area contributed by atoms with E-state index < -0.39 is 5.60 Å². The zero-order valence-electron chi connectivity index (χ0n) is 13.8. The maximum absolute atomic E-state index is 12.1. The molecule has 0 aromatic heterocycles. The van der Waals surface area contributed by atoms with Gasteiger partial charge in [0.05, 0.1) is 5.60 Å². The first-order valence-electron chi connectivity index (χ1n) is 8.05. The molecule has 2 amide bonds. The SMILES string of the molecule is CCCC(=O)N1CCC(C(=O)NCC(C)(O)C(C)C)CC1. The smallest absolute Gasteiger partial charge is 0.223 e. The van der Waals surface area contributed by atoms with Crippen LogP contribution in [0.1, 0.15) is 53.4 Å². The second-order valence-corrected chi connectivity index (χ2v) is 6.63. The van der Waals surface area contributed by atoms with E-state index in [-0.39, 0.29) is 30.2 Å². The molecule has 1 unspecified atom stereocenters. The first kappa shape index (κ1) is 18.0. The van der Waals surface area contributed by atoms with Crippen LogP contribution in [0.5, 0.6) is 0 Å². The largest absolute Gasteiger partial charge is 0.388 e. The number of rotatable bonds is 6. The number of hydrogen-bond acceptors (Lipinski definition) is 3. The van der Waals surface area contributed by atoms with Crippen molar-refractivity contribution in [2.24, 2.45) is 11.8 Å². The van der Waals surface area contributed by atoms with E-state index in [1.165, 1.54) is 0 Å². The number of carbonyl (C=O) groups excluding carboxylic acids is 2. The number of amides is 2. The Balaban J connectivity index is 2.37. The van der Waals surface area contributed by atoms with Crippen LogP contribution >= 0.6 is 0 Å². The van der Waals surface area contributed by atoms with Gasteiger partial charge in [0, 0.05) is 32.0 Å². The van der Waals surface area contributed by atoms with Crippen LogP contribution in [-0.4, -0.2) is 47.1 Å². The lowest BCUT2D eigenvalue weighted by molar-refractivity contribution is -0.136. The van der Waals surface area contributed by atoms with E-state index >= 15 is 0 Å². The van der Waals surface area contributed by atoms with E-state index in [0.717, 1.165) is 6.42 Å². The molecular weight excluding hydrogens is 268 g/mol. The van der Waals surface area contributed by atoms with Gasteiger partial charge in [0.2, 0.25) is 11.8 Å². The fourth-order valence-corrected chi connectivity index (χ4v) is 2.38. The molecule has 5 nitrogen and oxygen atoms in total. The Bertz CT molecular complexity index is 359. The van der Waals surface area contributed by atoms with Gasteiger partial charge in [-0.25, -0.2) is 0 Å². The number of hydrogen-bond donors (Lipinski definition) is 2. The van der Waals surface area contributed by atoms with Crippen molar-refractivity contribution < 1.29 is 14.7 Å². The first-order valence-corrected chi connectivity index (χ1v) is 8.05. The molecule has 1 atom stereocenters. The van der Waals surface area contributed by atoms with Crippen molar-refractivity contribution >= 4 is 11.8 Å². The van der Waals surface area contributed by atoms with Crippen molar-refractivity contribution in [2.75, 3.05) is 19.6 Å². The van der Waals surface area contributed by atoms with Crippen molar-refractivity contribution in [3.05, 3.63) is 0 Å². The maximum atomic E-state index is 12.1. The molecule has 21 heavy (non-hydrogen) atoms. The van der Waals surface area contributed by atoms with E-state index in [9.17, 15) is 14.7 Å². The summed E-state index contributed by atoms with van der Waals surface area (Å²) in [6.45, 7) is 9.21. The fourth-order valence-electron chi connectivity index (χ4n) is 2.38. The summed E-state index contributed by atoms with van der Waals surface area (Å²) >= 11 is 0. The minimum Gasteiger partial charge on any atom is -0.388 e. The van der Waals surface area contributed by atoms with Crippen molar-refractivity contribution in [2.45, 2.75) is 59.0 Å². The van der Waals surface area contributed by atoms with Gasteiger partial charge >= 0.3 is 0 Å². The van der Waals surface area contributed by atoms with Gasteiger partial charge in [-0.3, -0.25) is 9.59 Å². The number of nitrogens with one attached hydrogen (secondary N) is 1. The van der Waals surface area contributed by atoms with Crippen LogP contribution in [0.4, 0.5) is 0 Å². The Morgan fingerprint density at radius 3 is 2.38 bits per heavy atom. The zero-order valence-corrected chi connectivity index (χ0v) is 13.8. The number of aliphatic hydroxyl groups is 1. The summed E-state index contributed by atoms with van der Waals surface area (Å²) in [5.41, 5.74) is -0.881. The summed E-state index contributed by atoms with van der Waals surface area (Å²) in [4.78, 5) is 25.8. The van der Waals surface area contributed by atoms with Gasteiger partial charge in [-0.1, -0.05) is 20.8 Å². The summed E-state index contributed by atoms with van der Waals surface area (Å²) < 4.78 is 0. The Kier molecular flexibility index (Phi) is 6.65. The highest BCUT2D eigenvalue weighted by Gasteiger charge is 2.30. The van der Waals surface area contributed by atoms with Gasteiger partial charge in [-0.05, 0) is 32.1 Å². The van der Waals surface area contributed by atoms with Crippen LogP contribution in [0.2, 0.25) is 0 Å². The van der Waals surface area contributed by atoms with Crippen LogP contribution in [0.15, 0.2) is 0 Å². The molecule has 0 aromatic rings. The first-order chi connectivity index (χ1) is 9.77. The molecule has 0 bridgehead atoms. The third kappa shape index (κ3) is 5.30. The number of nitrogens with zero attached hydrogens (tertiary/aromatic N) is 1. The molecular formula is C16H30N2O3. The van der Waals surface area contributed by atoms with E-state index in [0.29, 0.717) is 32.4 Å². The summed E-state index contributed by atoms with van der Waals surface area (Å²) in [7, 11) is 0. The van der Waals surface area contributed by atoms with E-state index in [2.05, 4.69) is 5.32 Å². The Labute approximate surface area is 128 Å². The van der Waals surface area contributed by atoms with Crippen LogP contribution in [-0.2, 0) is 9.59 Å². The normalized spacial score (nSPS) is 19.4. The lowest BCUT2D eigenvalue weighted by Crippen LogP contribution is -2.48. The predicted octanol–water partition coefficient (Wildman–Crippen LogP) is 1.55. The topological polar surface area (TPSA) is 69.6 Å². The molecule has 0 aromatic carbocycles. The van der Waals surface area contributed by atoms with Gasteiger partial charge in [-0.15, -0.1) is 0 Å². The molecule has 5 heteroatoms. The second kappa shape index (κ2) is 7.78. The molecule has 1 aliphatic rings. The maximum Gasteiger partial charge on any atom is 0.223 e.